The predicted molar refractivity (Wildman–Crippen MR) is 67.5 cm³/mol. The molecular weight excluding hydrogens is 282 g/mol. The lowest BCUT2D eigenvalue weighted by Gasteiger charge is -2.12. The summed E-state index contributed by atoms with van der Waals surface area (Å²) in [4.78, 5) is 0. The molecular formula is C8H14ClN5O3S. The van der Waals surface area contributed by atoms with E-state index >= 15 is 0 Å². The van der Waals surface area contributed by atoms with Crippen molar-refractivity contribution in [1.29, 1.82) is 5.41 Å². The number of hydrogen-bond acceptors (Lipinski definition) is 7. The van der Waals surface area contributed by atoms with Gasteiger partial charge in [0.25, 0.3) is 0 Å². The van der Waals surface area contributed by atoms with Gasteiger partial charge in [0.1, 0.15) is 0 Å². The first kappa shape index (κ1) is 14.9. The van der Waals surface area contributed by atoms with Gasteiger partial charge >= 0.3 is 0 Å². The molecule has 0 aromatic carbocycles. The van der Waals surface area contributed by atoms with Crippen LogP contribution in [0.15, 0.2) is 4.63 Å². The third-order valence-corrected chi connectivity index (χ3v) is 2.93. The number of anilines is 1. The monoisotopic (exact) mass is 295 g/mol. The van der Waals surface area contributed by atoms with Crippen molar-refractivity contribution in [3.63, 3.8) is 0 Å². The van der Waals surface area contributed by atoms with Crippen LogP contribution in [0.5, 0.6) is 0 Å². The minimum Gasteiger partial charge on any atom is -0.363 e. The Kier molecular flexibility index (Phi) is 5.05. The molecule has 1 atom stereocenters. The largest absolute Gasteiger partial charge is 0.363 e. The first-order valence-electron chi connectivity index (χ1n) is 5.07. The van der Waals surface area contributed by atoms with Crippen LogP contribution in [0.25, 0.3) is 0 Å². The molecule has 10 heteroatoms. The van der Waals surface area contributed by atoms with E-state index in [-0.39, 0.29) is 22.7 Å². The molecule has 0 saturated carbocycles. The van der Waals surface area contributed by atoms with Gasteiger partial charge in [0.05, 0.1) is 6.26 Å². The van der Waals surface area contributed by atoms with Crippen LogP contribution in [0.2, 0.25) is 0 Å². The second-order valence-electron chi connectivity index (χ2n) is 3.78. The average molecular weight is 296 g/mol. The first-order chi connectivity index (χ1) is 8.29. The summed E-state index contributed by atoms with van der Waals surface area (Å²) in [6, 6.07) is -0.0825. The lowest BCUT2D eigenvalue weighted by Crippen LogP contribution is -2.28. The smallest absolute Gasteiger partial charge is 0.208 e. The number of rotatable bonds is 7. The normalized spacial score (nSPS) is 13.3. The van der Waals surface area contributed by atoms with E-state index in [2.05, 4.69) is 25.0 Å². The minimum atomic E-state index is -3.18. The van der Waals surface area contributed by atoms with Gasteiger partial charge in [-0.15, -0.1) is 0 Å². The summed E-state index contributed by atoms with van der Waals surface area (Å²) in [7, 11) is -3.18. The first-order valence-corrected chi connectivity index (χ1v) is 7.34. The number of halogens is 1. The van der Waals surface area contributed by atoms with Gasteiger partial charge in [-0.05, 0) is 23.7 Å². The van der Waals surface area contributed by atoms with Gasteiger partial charge in [-0.1, -0.05) is 11.6 Å². The zero-order chi connectivity index (χ0) is 13.8. The third-order valence-electron chi connectivity index (χ3n) is 2.02. The number of nitrogens with one attached hydrogen (secondary N) is 3. The fourth-order valence-corrected chi connectivity index (χ4v) is 1.81. The molecule has 102 valence electrons. The lowest BCUT2D eigenvalue weighted by molar-refractivity contribution is 0.307. The lowest BCUT2D eigenvalue weighted by atomic mass is 10.2. The van der Waals surface area contributed by atoms with Crippen molar-refractivity contribution < 1.29 is 13.0 Å². The SMILES string of the molecule is CC(CCNS(C)(=O)=O)Nc1nonc1C(=N)Cl. The molecule has 0 aliphatic heterocycles. The van der Waals surface area contributed by atoms with Gasteiger partial charge in [0, 0.05) is 12.6 Å². The molecule has 0 spiro atoms. The molecule has 1 aromatic rings. The Bertz CT molecular complexity index is 515. The van der Waals surface area contributed by atoms with Crippen LogP contribution in [0.1, 0.15) is 19.0 Å². The van der Waals surface area contributed by atoms with Crippen LogP contribution in [0.3, 0.4) is 0 Å². The Hall–Kier alpha value is -1.19. The molecule has 1 heterocycles. The summed E-state index contributed by atoms with van der Waals surface area (Å²) in [5.74, 6) is 0.266. The van der Waals surface area contributed by atoms with Gasteiger partial charge in [-0.3, -0.25) is 5.41 Å². The molecule has 0 saturated heterocycles. The summed E-state index contributed by atoms with van der Waals surface area (Å²) in [6.45, 7) is 2.13. The highest BCUT2D eigenvalue weighted by atomic mass is 35.5. The van der Waals surface area contributed by atoms with Crippen LogP contribution < -0.4 is 10.0 Å². The highest BCUT2D eigenvalue weighted by molar-refractivity contribution is 7.88. The fraction of sp³-hybridized carbons (Fsp3) is 0.625. The third kappa shape index (κ3) is 4.98. The van der Waals surface area contributed by atoms with Crippen molar-refractivity contribution in [1.82, 2.24) is 15.0 Å². The quantitative estimate of drug-likeness (QED) is 0.625. The second kappa shape index (κ2) is 6.12. The molecule has 0 aliphatic carbocycles. The molecule has 1 unspecified atom stereocenters. The molecule has 0 radical (unpaired) electrons. The molecule has 0 amide bonds. The molecule has 0 bridgehead atoms. The molecule has 0 fully saturated rings. The van der Waals surface area contributed by atoms with E-state index in [0.717, 1.165) is 6.26 Å². The van der Waals surface area contributed by atoms with Crippen LogP contribution in [0, 0.1) is 5.41 Å². The van der Waals surface area contributed by atoms with E-state index in [1.165, 1.54) is 0 Å². The van der Waals surface area contributed by atoms with Gasteiger partial charge in [-0.2, -0.15) is 0 Å². The standard InChI is InChI=1S/C8H14ClN5O3S/c1-5(3-4-11-18(2,15)16)12-8-6(7(9)10)13-17-14-8/h5,10-11H,3-4H2,1-2H3,(H,12,14). The van der Waals surface area contributed by atoms with Crippen molar-refractivity contribution in [3.05, 3.63) is 5.69 Å². The van der Waals surface area contributed by atoms with Crippen LogP contribution in [-0.4, -0.2) is 42.7 Å². The summed E-state index contributed by atoms with van der Waals surface area (Å²) in [5.41, 5.74) is 0.125. The van der Waals surface area contributed by atoms with E-state index < -0.39 is 10.0 Å². The van der Waals surface area contributed by atoms with E-state index in [1.54, 1.807) is 0 Å². The van der Waals surface area contributed by atoms with Crippen molar-refractivity contribution in [2.45, 2.75) is 19.4 Å². The van der Waals surface area contributed by atoms with Gasteiger partial charge < -0.3 is 5.32 Å². The summed E-state index contributed by atoms with van der Waals surface area (Å²) >= 11 is 5.49. The van der Waals surface area contributed by atoms with Gasteiger partial charge in [-0.25, -0.2) is 17.8 Å². The number of nitrogens with zero attached hydrogens (tertiary/aromatic N) is 2. The zero-order valence-electron chi connectivity index (χ0n) is 9.90. The van der Waals surface area contributed by atoms with E-state index in [1.807, 2.05) is 6.92 Å². The summed E-state index contributed by atoms with van der Waals surface area (Å²) in [5, 5.41) is 16.9. The maximum atomic E-state index is 10.9. The van der Waals surface area contributed by atoms with Crippen molar-refractivity contribution >= 4 is 32.6 Å². The fourth-order valence-electron chi connectivity index (χ4n) is 1.19. The van der Waals surface area contributed by atoms with E-state index in [9.17, 15) is 8.42 Å². The maximum Gasteiger partial charge on any atom is 0.208 e. The average Bonchev–Trinajstić information content (AvgIpc) is 2.63. The topological polar surface area (TPSA) is 121 Å². The highest BCUT2D eigenvalue weighted by Gasteiger charge is 2.15. The maximum absolute atomic E-state index is 10.9. The van der Waals surface area contributed by atoms with Crippen molar-refractivity contribution in [3.8, 4) is 0 Å². The molecule has 8 nitrogen and oxygen atoms in total. The van der Waals surface area contributed by atoms with Crippen LogP contribution >= 0.6 is 11.6 Å². The van der Waals surface area contributed by atoms with Crippen molar-refractivity contribution in [2.75, 3.05) is 18.1 Å². The second-order valence-corrected chi connectivity index (χ2v) is 5.99. The molecule has 0 aliphatic rings. The van der Waals surface area contributed by atoms with Gasteiger partial charge in [0.2, 0.25) is 15.8 Å². The molecule has 1 rings (SSSR count). The van der Waals surface area contributed by atoms with Crippen molar-refractivity contribution in [2.24, 2.45) is 0 Å². The Morgan fingerprint density at radius 1 is 1.56 bits per heavy atom. The minimum absolute atomic E-state index is 0.0825. The Balaban J connectivity index is 2.47. The number of sulfonamides is 1. The Morgan fingerprint density at radius 3 is 2.78 bits per heavy atom. The summed E-state index contributed by atoms with van der Waals surface area (Å²) < 4.78 is 28.6. The Labute approximate surface area is 110 Å². The zero-order valence-corrected chi connectivity index (χ0v) is 11.5. The Morgan fingerprint density at radius 2 is 2.22 bits per heavy atom. The number of aromatic nitrogens is 2. The highest BCUT2D eigenvalue weighted by Crippen LogP contribution is 2.13. The molecule has 3 N–H and O–H groups in total. The molecule has 1 aromatic heterocycles. The van der Waals surface area contributed by atoms with Crippen LogP contribution in [0.4, 0.5) is 5.82 Å². The summed E-state index contributed by atoms with van der Waals surface area (Å²) in [6.07, 6.45) is 1.63. The predicted octanol–water partition coefficient (Wildman–Crippen LogP) is 0.373. The van der Waals surface area contributed by atoms with Crippen LogP contribution in [-0.2, 0) is 10.0 Å². The van der Waals surface area contributed by atoms with E-state index in [4.69, 9.17) is 17.0 Å². The number of hydrogen-bond donors (Lipinski definition) is 3. The molecule has 18 heavy (non-hydrogen) atoms. The van der Waals surface area contributed by atoms with Gasteiger partial charge in [0.15, 0.2) is 10.9 Å². The van der Waals surface area contributed by atoms with E-state index in [0.29, 0.717) is 13.0 Å².